The van der Waals surface area contributed by atoms with Crippen molar-refractivity contribution in [2.45, 2.75) is 31.2 Å². The average molecular weight is 329 g/mol. The van der Waals surface area contributed by atoms with Gasteiger partial charge in [0, 0.05) is 25.3 Å². The minimum Gasteiger partial charge on any atom is -0.301 e. The molecule has 3 rings (SSSR count). The van der Waals surface area contributed by atoms with Crippen molar-refractivity contribution in [3.8, 4) is 0 Å². The molecule has 1 aliphatic heterocycles. The van der Waals surface area contributed by atoms with E-state index in [1.807, 2.05) is 18.2 Å². The van der Waals surface area contributed by atoms with Crippen molar-refractivity contribution in [1.82, 2.24) is 4.90 Å². The number of hydrogen-bond donors (Lipinski definition) is 0. The first-order valence-corrected chi connectivity index (χ1v) is 9.73. The van der Waals surface area contributed by atoms with E-state index in [1.54, 1.807) is 6.07 Å². The zero-order valence-electron chi connectivity index (χ0n) is 14.1. The molecule has 0 aliphatic carbocycles. The number of likely N-dealkylation sites (N-methyl/N-ethyl adjacent to an activating group) is 1. The molecule has 0 amide bonds. The Morgan fingerprint density at radius 2 is 1.87 bits per heavy atom. The van der Waals surface area contributed by atoms with Crippen molar-refractivity contribution in [1.29, 1.82) is 0 Å². The summed E-state index contributed by atoms with van der Waals surface area (Å²) in [5.74, 6) is 0.212. The molecule has 2 aromatic rings. The number of nitrogens with zero attached hydrogens (tertiary/aromatic N) is 1. The molecule has 1 heterocycles. The second-order valence-corrected chi connectivity index (χ2v) is 8.76. The quantitative estimate of drug-likeness (QED) is 0.848. The van der Waals surface area contributed by atoms with Gasteiger partial charge >= 0.3 is 0 Å². The molecule has 0 aromatic heterocycles. The molecule has 0 fully saturated rings. The molecule has 3 nitrogen and oxygen atoms in total. The third-order valence-corrected chi connectivity index (χ3v) is 5.75. The van der Waals surface area contributed by atoms with Gasteiger partial charge in [-0.05, 0) is 55.3 Å². The highest BCUT2D eigenvalue weighted by Crippen LogP contribution is 2.35. The van der Waals surface area contributed by atoms with Crippen LogP contribution in [0.1, 0.15) is 33.7 Å². The van der Waals surface area contributed by atoms with E-state index in [9.17, 15) is 8.42 Å². The maximum absolute atomic E-state index is 11.9. The van der Waals surface area contributed by atoms with E-state index >= 15 is 0 Å². The molecule has 23 heavy (non-hydrogen) atoms. The fourth-order valence-electron chi connectivity index (χ4n) is 3.55. The lowest BCUT2D eigenvalue weighted by atomic mass is 9.82. The Morgan fingerprint density at radius 1 is 1.13 bits per heavy atom. The SMILES string of the molecule is Cc1cc(C)c2c(c1)C(c1cccc(S(C)(=O)=O)c1)CN(C)C2. The largest absolute Gasteiger partial charge is 0.301 e. The van der Waals surface area contributed by atoms with Crippen LogP contribution in [0.4, 0.5) is 0 Å². The summed E-state index contributed by atoms with van der Waals surface area (Å²) >= 11 is 0. The lowest BCUT2D eigenvalue weighted by Crippen LogP contribution is -2.31. The van der Waals surface area contributed by atoms with Crippen molar-refractivity contribution < 1.29 is 8.42 Å². The first-order chi connectivity index (χ1) is 10.8. The van der Waals surface area contributed by atoms with Crippen LogP contribution in [0.2, 0.25) is 0 Å². The van der Waals surface area contributed by atoms with Gasteiger partial charge in [-0.15, -0.1) is 0 Å². The van der Waals surface area contributed by atoms with Crippen molar-refractivity contribution in [3.05, 3.63) is 64.2 Å². The molecule has 0 N–H and O–H groups in total. The molecular weight excluding hydrogens is 306 g/mol. The summed E-state index contributed by atoms with van der Waals surface area (Å²) < 4.78 is 23.8. The van der Waals surface area contributed by atoms with Gasteiger partial charge in [-0.3, -0.25) is 0 Å². The average Bonchev–Trinajstić information content (AvgIpc) is 2.47. The van der Waals surface area contributed by atoms with Crippen LogP contribution in [0, 0.1) is 13.8 Å². The fraction of sp³-hybridized carbons (Fsp3) is 0.368. The summed E-state index contributed by atoms with van der Waals surface area (Å²) in [6, 6.07) is 11.9. The summed E-state index contributed by atoms with van der Waals surface area (Å²) in [4.78, 5) is 2.71. The standard InChI is InChI=1S/C19H23NO2S/c1-13-8-14(2)18-11-20(3)12-19(17(18)9-13)15-6-5-7-16(10-15)23(4,21)22/h5-10,19H,11-12H2,1-4H3. The molecule has 0 saturated carbocycles. The van der Waals surface area contributed by atoms with Gasteiger partial charge in [0.1, 0.15) is 0 Å². The van der Waals surface area contributed by atoms with Gasteiger partial charge in [-0.2, -0.15) is 0 Å². The van der Waals surface area contributed by atoms with Gasteiger partial charge in [0.05, 0.1) is 4.90 Å². The fourth-order valence-corrected chi connectivity index (χ4v) is 4.22. The second kappa shape index (κ2) is 5.77. The Hall–Kier alpha value is -1.65. The summed E-state index contributed by atoms with van der Waals surface area (Å²) in [6.07, 6.45) is 1.27. The summed E-state index contributed by atoms with van der Waals surface area (Å²) in [5, 5.41) is 0. The molecule has 2 aromatic carbocycles. The van der Waals surface area contributed by atoms with Gasteiger partial charge < -0.3 is 4.90 Å². The van der Waals surface area contributed by atoms with Crippen LogP contribution in [0.5, 0.6) is 0 Å². The predicted molar refractivity (Wildman–Crippen MR) is 93.6 cm³/mol. The first kappa shape index (κ1) is 16.2. The van der Waals surface area contributed by atoms with Crippen molar-refractivity contribution >= 4 is 9.84 Å². The van der Waals surface area contributed by atoms with Crippen LogP contribution >= 0.6 is 0 Å². The minimum absolute atomic E-state index is 0.212. The minimum atomic E-state index is -3.18. The zero-order chi connectivity index (χ0) is 16.8. The van der Waals surface area contributed by atoms with Gasteiger partial charge in [0.25, 0.3) is 0 Å². The number of sulfone groups is 1. The van der Waals surface area contributed by atoms with Crippen LogP contribution in [0.3, 0.4) is 0 Å². The highest BCUT2D eigenvalue weighted by atomic mass is 32.2. The number of hydrogen-bond acceptors (Lipinski definition) is 3. The Bertz CT molecular complexity index is 856. The second-order valence-electron chi connectivity index (χ2n) is 6.74. The molecule has 0 spiro atoms. The van der Waals surface area contributed by atoms with Crippen LogP contribution in [0.15, 0.2) is 41.3 Å². The summed E-state index contributed by atoms with van der Waals surface area (Å²) in [5.41, 5.74) is 6.36. The Morgan fingerprint density at radius 3 is 2.57 bits per heavy atom. The number of fused-ring (bicyclic) bond motifs is 1. The Kier molecular flexibility index (Phi) is 4.07. The van der Waals surface area contributed by atoms with Crippen LogP contribution in [-0.4, -0.2) is 33.2 Å². The van der Waals surface area contributed by atoms with Crippen LogP contribution in [-0.2, 0) is 16.4 Å². The summed E-state index contributed by atoms with van der Waals surface area (Å²) in [6.45, 7) is 6.14. The van der Waals surface area contributed by atoms with Gasteiger partial charge in [-0.1, -0.05) is 29.8 Å². The normalized spacial score (nSPS) is 18.7. The highest BCUT2D eigenvalue weighted by Gasteiger charge is 2.26. The number of benzene rings is 2. The van der Waals surface area contributed by atoms with Crippen LogP contribution in [0.25, 0.3) is 0 Å². The zero-order valence-corrected chi connectivity index (χ0v) is 14.9. The van der Waals surface area contributed by atoms with Gasteiger partial charge in [-0.25, -0.2) is 8.42 Å². The maximum Gasteiger partial charge on any atom is 0.175 e. The number of rotatable bonds is 2. The van der Waals surface area contributed by atoms with Crippen molar-refractivity contribution in [2.75, 3.05) is 19.8 Å². The van der Waals surface area contributed by atoms with E-state index in [1.165, 1.54) is 28.5 Å². The lowest BCUT2D eigenvalue weighted by Gasteiger charge is -2.34. The molecule has 0 saturated heterocycles. The highest BCUT2D eigenvalue weighted by molar-refractivity contribution is 7.90. The molecule has 0 radical (unpaired) electrons. The Balaban J connectivity index is 2.15. The maximum atomic E-state index is 11.9. The summed E-state index contributed by atoms with van der Waals surface area (Å²) in [7, 11) is -1.06. The van der Waals surface area contributed by atoms with E-state index < -0.39 is 9.84 Å². The van der Waals surface area contributed by atoms with E-state index in [4.69, 9.17) is 0 Å². The van der Waals surface area contributed by atoms with Gasteiger partial charge in [0.15, 0.2) is 9.84 Å². The third kappa shape index (κ3) is 3.19. The molecule has 1 atom stereocenters. The topological polar surface area (TPSA) is 37.4 Å². The number of aryl methyl sites for hydroxylation is 2. The van der Waals surface area contributed by atoms with Crippen molar-refractivity contribution in [3.63, 3.8) is 0 Å². The Labute approximate surface area is 138 Å². The van der Waals surface area contributed by atoms with Crippen molar-refractivity contribution in [2.24, 2.45) is 0 Å². The van der Waals surface area contributed by atoms with E-state index in [-0.39, 0.29) is 5.92 Å². The van der Waals surface area contributed by atoms with E-state index in [0.29, 0.717) is 4.90 Å². The van der Waals surface area contributed by atoms with E-state index in [0.717, 1.165) is 18.7 Å². The third-order valence-electron chi connectivity index (χ3n) is 4.64. The molecule has 122 valence electrons. The molecule has 4 heteroatoms. The molecule has 1 aliphatic rings. The monoisotopic (exact) mass is 329 g/mol. The molecule has 0 bridgehead atoms. The predicted octanol–water partition coefficient (Wildman–Crippen LogP) is 3.28. The van der Waals surface area contributed by atoms with Crippen LogP contribution < -0.4 is 0 Å². The van der Waals surface area contributed by atoms with Gasteiger partial charge in [0.2, 0.25) is 0 Å². The molecule has 1 unspecified atom stereocenters. The van der Waals surface area contributed by atoms with E-state index in [2.05, 4.69) is 37.9 Å². The lowest BCUT2D eigenvalue weighted by molar-refractivity contribution is 0.294. The first-order valence-electron chi connectivity index (χ1n) is 7.84. The smallest absolute Gasteiger partial charge is 0.175 e. The molecular formula is C19H23NO2S.